The van der Waals surface area contributed by atoms with Gasteiger partial charge in [-0.25, -0.2) is 0 Å². The summed E-state index contributed by atoms with van der Waals surface area (Å²) in [6.45, 7) is 14.8. The van der Waals surface area contributed by atoms with Gasteiger partial charge in [0.25, 0.3) is 0 Å². The van der Waals surface area contributed by atoms with E-state index < -0.39 is 17.2 Å². The summed E-state index contributed by atoms with van der Waals surface area (Å²) in [7, 11) is 0. The van der Waals surface area contributed by atoms with Crippen molar-refractivity contribution in [2.24, 2.45) is 15.6 Å². The molecule has 0 spiro atoms. The molecule has 4 nitrogen and oxygen atoms in total. The van der Waals surface area contributed by atoms with Crippen LogP contribution in [0.3, 0.4) is 0 Å². The molecule has 7 heteroatoms. The molecule has 0 amide bonds. The van der Waals surface area contributed by atoms with E-state index >= 15 is 0 Å². The molecule has 0 fully saturated rings. The van der Waals surface area contributed by atoms with Gasteiger partial charge in [-0.05, 0) is 52.6 Å². The number of hydrogen-bond donors (Lipinski definition) is 2. The maximum Gasteiger partial charge on any atom is 0.416 e. The first-order chi connectivity index (χ1) is 16.9. The fraction of sp³-hybridized carbons (Fsp3) is 0.400. The number of nitrogen functional groups attached to an aromatic ring is 1. The third-order valence-corrected chi connectivity index (χ3v) is 6.64. The van der Waals surface area contributed by atoms with E-state index in [1.165, 1.54) is 0 Å². The third-order valence-electron chi connectivity index (χ3n) is 6.64. The van der Waals surface area contributed by atoms with Crippen LogP contribution in [0.25, 0.3) is 0 Å². The normalized spacial score (nSPS) is 13.4. The number of phenols is 1. The molecule has 37 heavy (non-hydrogen) atoms. The zero-order chi connectivity index (χ0) is 27.8. The van der Waals surface area contributed by atoms with Crippen molar-refractivity contribution in [3.05, 3.63) is 82.9 Å². The number of hydrogen-bond acceptors (Lipinski definition) is 4. The molecular weight excluding hydrogens is 475 g/mol. The molecule has 0 atom stereocenters. The predicted octanol–water partition coefficient (Wildman–Crippen LogP) is 9.45. The van der Waals surface area contributed by atoms with Gasteiger partial charge in [0.05, 0.1) is 11.3 Å². The SMILES string of the molecule is CC(C)(C)CC(C)(C)c1cc(/N=N/c2cc(C(F)(F)F)ccc2N)c(O)c(C(C)(C)c2ccccc2)c1. The van der Waals surface area contributed by atoms with E-state index in [2.05, 4.69) is 44.8 Å². The molecule has 0 aliphatic heterocycles. The largest absolute Gasteiger partial charge is 0.505 e. The van der Waals surface area contributed by atoms with Crippen LogP contribution in [0.15, 0.2) is 70.9 Å². The Labute approximate surface area is 217 Å². The van der Waals surface area contributed by atoms with E-state index in [1.807, 2.05) is 50.2 Å². The number of aromatic hydroxyl groups is 1. The Morgan fingerprint density at radius 1 is 0.730 bits per heavy atom. The molecule has 198 valence electrons. The zero-order valence-corrected chi connectivity index (χ0v) is 22.5. The minimum Gasteiger partial charge on any atom is -0.505 e. The zero-order valence-electron chi connectivity index (χ0n) is 22.5. The lowest BCUT2D eigenvalue weighted by Crippen LogP contribution is -2.26. The van der Waals surface area contributed by atoms with Crippen LogP contribution >= 0.6 is 0 Å². The molecule has 0 heterocycles. The number of halogens is 3. The number of azo groups is 1. The van der Waals surface area contributed by atoms with E-state index in [-0.39, 0.29) is 33.6 Å². The molecule has 3 rings (SSSR count). The van der Waals surface area contributed by atoms with Gasteiger partial charge in [0.15, 0.2) is 0 Å². The fourth-order valence-electron chi connectivity index (χ4n) is 4.92. The monoisotopic (exact) mass is 511 g/mol. The van der Waals surface area contributed by atoms with Gasteiger partial charge >= 0.3 is 6.18 Å². The van der Waals surface area contributed by atoms with Crippen LogP contribution in [0.2, 0.25) is 0 Å². The van der Waals surface area contributed by atoms with Gasteiger partial charge in [-0.15, -0.1) is 10.2 Å². The first-order valence-electron chi connectivity index (χ1n) is 12.2. The molecule has 0 saturated carbocycles. The fourth-order valence-corrected chi connectivity index (χ4v) is 4.92. The summed E-state index contributed by atoms with van der Waals surface area (Å²) >= 11 is 0. The van der Waals surface area contributed by atoms with Crippen LogP contribution in [0.5, 0.6) is 5.75 Å². The maximum absolute atomic E-state index is 13.2. The van der Waals surface area contributed by atoms with Crippen molar-refractivity contribution in [2.75, 3.05) is 5.73 Å². The Balaban J connectivity index is 2.21. The second kappa shape index (κ2) is 9.84. The van der Waals surface area contributed by atoms with Crippen molar-refractivity contribution in [1.29, 1.82) is 0 Å². The lowest BCUT2D eigenvalue weighted by atomic mass is 9.70. The molecule has 0 bridgehead atoms. The average Bonchev–Trinajstić information content (AvgIpc) is 2.77. The lowest BCUT2D eigenvalue weighted by molar-refractivity contribution is -0.137. The number of phenolic OH excluding ortho intramolecular Hbond substituents is 1. The highest BCUT2D eigenvalue weighted by molar-refractivity contribution is 5.65. The molecule has 0 radical (unpaired) electrons. The first-order valence-corrected chi connectivity index (χ1v) is 12.2. The summed E-state index contributed by atoms with van der Waals surface area (Å²) in [4.78, 5) is 0. The maximum atomic E-state index is 13.2. The Kier molecular flexibility index (Phi) is 7.51. The van der Waals surface area contributed by atoms with Crippen molar-refractivity contribution in [1.82, 2.24) is 0 Å². The topological polar surface area (TPSA) is 71.0 Å². The van der Waals surface area contributed by atoms with Crippen LogP contribution in [-0.2, 0) is 17.0 Å². The minimum atomic E-state index is -4.54. The summed E-state index contributed by atoms with van der Waals surface area (Å²) in [6.07, 6.45) is -3.68. The number of nitrogens with zero attached hydrogens (tertiary/aromatic N) is 2. The summed E-state index contributed by atoms with van der Waals surface area (Å²) in [6, 6.07) is 16.5. The first kappa shape index (κ1) is 28.2. The van der Waals surface area contributed by atoms with Crippen molar-refractivity contribution in [3.63, 3.8) is 0 Å². The highest BCUT2D eigenvalue weighted by Crippen LogP contribution is 2.47. The third kappa shape index (κ3) is 6.51. The molecule has 0 aliphatic carbocycles. The van der Waals surface area contributed by atoms with E-state index in [0.717, 1.165) is 35.7 Å². The number of anilines is 1. The molecule has 0 aromatic heterocycles. The smallest absolute Gasteiger partial charge is 0.416 e. The number of benzene rings is 3. The Morgan fingerprint density at radius 3 is 1.86 bits per heavy atom. The standard InChI is InChI=1S/C30H36F3N3O/c1-27(2,3)18-28(4,5)21-15-22(29(6,7)19-11-9-8-10-12-19)26(37)25(17-21)36-35-24-16-20(30(31,32)33)13-14-23(24)34/h8-17,37H,18,34H2,1-7H3/b36-35+. The highest BCUT2D eigenvalue weighted by atomic mass is 19.4. The quantitative estimate of drug-likeness (QED) is 0.255. The van der Waals surface area contributed by atoms with E-state index in [4.69, 9.17) is 5.73 Å². The van der Waals surface area contributed by atoms with Crippen molar-refractivity contribution >= 4 is 17.1 Å². The molecule has 0 saturated heterocycles. The van der Waals surface area contributed by atoms with E-state index in [9.17, 15) is 18.3 Å². The van der Waals surface area contributed by atoms with Gasteiger partial charge < -0.3 is 10.8 Å². The van der Waals surface area contributed by atoms with Crippen LogP contribution in [0.1, 0.15) is 77.1 Å². The number of alkyl halides is 3. The lowest BCUT2D eigenvalue weighted by Gasteiger charge is -2.35. The molecule has 3 aromatic carbocycles. The molecule has 0 unspecified atom stereocenters. The molecule has 0 aliphatic rings. The Bertz CT molecular complexity index is 1290. The van der Waals surface area contributed by atoms with Gasteiger partial charge in [-0.1, -0.05) is 84.9 Å². The molecular formula is C30H36F3N3O. The van der Waals surface area contributed by atoms with Gasteiger partial charge in [0.1, 0.15) is 17.1 Å². The summed E-state index contributed by atoms with van der Waals surface area (Å²) in [5, 5.41) is 19.6. The van der Waals surface area contributed by atoms with Gasteiger partial charge in [0, 0.05) is 11.0 Å². The number of rotatable bonds is 6. The van der Waals surface area contributed by atoms with Crippen molar-refractivity contribution in [2.45, 2.75) is 71.9 Å². The second-order valence-electron chi connectivity index (χ2n) is 12.0. The van der Waals surface area contributed by atoms with Crippen molar-refractivity contribution < 1.29 is 18.3 Å². The predicted molar refractivity (Wildman–Crippen MR) is 144 cm³/mol. The van der Waals surface area contributed by atoms with Crippen LogP contribution in [-0.4, -0.2) is 5.11 Å². The van der Waals surface area contributed by atoms with Gasteiger partial charge in [-0.3, -0.25) is 0 Å². The van der Waals surface area contributed by atoms with Crippen LogP contribution in [0, 0.1) is 5.41 Å². The minimum absolute atomic E-state index is 0.0324. The van der Waals surface area contributed by atoms with Gasteiger partial charge in [-0.2, -0.15) is 13.2 Å². The Morgan fingerprint density at radius 2 is 1.30 bits per heavy atom. The summed E-state index contributed by atoms with van der Waals surface area (Å²) < 4.78 is 39.7. The summed E-state index contributed by atoms with van der Waals surface area (Å²) in [5.41, 5.74) is 6.92. The molecule has 3 N–H and O–H groups in total. The van der Waals surface area contributed by atoms with Gasteiger partial charge in [0.2, 0.25) is 0 Å². The highest BCUT2D eigenvalue weighted by Gasteiger charge is 2.33. The Hall–Kier alpha value is -3.35. The second-order valence-corrected chi connectivity index (χ2v) is 12.0. The number of nitrogens with two attached hydrogens (primary N) is 1. The van der Waals surface area contributed by atoms with Crippen molar-refractivity contribution in [3.8, 4) is 5.75 Å². The van der Waals surface area contributed by atoms with E-state index in [1.54, 1.807) is 6.07 Å². The average molecular weight is 512 g/mol. The molecule has 3 aromatic rings. The van der Waals surface area contributed by atoms with Crippen LogP contribution in [0.4, 0.5) is 30.2 Å². The summed E-state index contributed by atoms with van der Waals surface area (Å²) in [5.74, 6) is -0.0709. The van der Waals surface area contributed by atoms with E-state index in [0.29, 0.717) is 5.56 Å². The van der Waals surface area contributed by atoms with Crippen LogP contribution < -0.4 is 5.73 Å².